The first-order chi connectivity index (χ1) is 7.19. The van der Waals surface area contributed by atoms with Crippen molar-refractivity contribution in [3.05, 3.63) is 16.9 Å². The fourth-order valence-corrected chi connectivity index (χ4v) is 4.53. The molecule has 2 heterocycles. The van der Waals surface area contributed by atoms with Gasteiger partial charge in [0.2, 0.25) is 5.62 Å². The second-order valence-corrected chi connectivity index (χ2v) is 5.54. The van der Waals surface area contributed by atoms with Gasteiger partial charge in [-0.1, -0.05) is 29.5 Å². The third-order valence-corrected chi connectivity index (χ3v) is 5.01. The van der Waals surface area contributed by atoms with Crippen LogP contribution in [0.5, 0.6) is 0 Å². The van der Waals surface area contributed by atoms with Crippen LogP contribution in [-0.2, 0) is 6.42 Å². The first kappa shape index (κ1) is 11.4. The van der Waals surface area contributed by atoms with Gasteiger partial charge in [0.15, 0.2) is 0 Å². The monoisotopic (exact) mass is 335 g/mol. The highest BCUT2D eigenvalue weighted by Gasteiger charge is 2.25. The molecule has 1 atom stereocenters. The summed E-state index contributed by atoms with van der Waals surface area (Å²) in [5.41, 5.74) is 2.77. The van der Waals surface area contributed by atoms with E-state index in [1.54, 1.807) is 0 Å². The standard InChI is InChI=1S/C10H14IN3S/c1-3-8-6(2)13-10(12)14-7(4-11)5-15-9(8)14/h7,12H,3-5H2,1-2H3/t7-/m0/s1. The molecule has 82 valence electrons. The lowest BCUT2D eigenvalue weighted by Crippen LogP contribution is -2.28. The van der Waals surface area contributed by atoms with Crippen molar-refractivity contribution < 1.29 is 0 Å². The van der Waals surface area contributed by atoms with Crippen LogP contribution < -0.4 is 5.62 Å². The summed E-state index contributed by atoms with van der Waals surface area (Å²) in [7, 11) is 0. The van der Waals surface area contributed by atoms with E-state index in [0.717, 1.165) is 22.3 Å². The molecule has 1 aliphatic rings. The zero-order valence-corrected chi connectivity index (χ0v) is 11.9. The Morgan fingerprint density at radius 1 is 1.67 bits per heavy atom. The molecule has 2 rings (SSSR count). The topological polar surface area (TPSA) is 41.7 Å². The molecule has 1 N–H and O–H groups in total. The predicted molar refractivity (Wildman–Crippen MR) is 70.8 cm³/mol. The smallest absolute Gasteiger partial charge is 0.223 e. The maximum Gasteiger partial charge on any atom is 0.223 e. The van der Waals surface area contributed by atoms with Crippen LogP contribution in [0.3, 0.4) is 0 Å². The molecular formula is C10H14IN3S. The van der Waals surface area contributed by atoms with Gasteiger partial charge in [0.05, 0.1) is 11.1 Å². The van der Waals surface area contributed by atoms with E-state index in [1.807, 2.05) is 18.7 Å². The van der Waals surface area contributed by atoms with E-state index >= 15 is 0 Å². The number of nitrogens with zero attached hydrogens (tertiary/aromatic N) is 2. The molecule has 0 saturated heterocycles. The molecule has 15 heavy (non-hydrogen) atoms. The number of fused-ring (bicyclic) bond motifs is 1. The zero-order chi connectivity index (χ0) is 11.0. The largest absolute Gasteiger partial charge is 0.300 e. The minimum Gasteiger partial charge on any atom is -0.300 e. The number of nitrogens with one attached hydrogen (secondary N) is 1. The third kappa shape index (κ3) is 1.84. The molecule has 1 aliphatic heterocycles. The summed E-state index contributed by atoms with van der Waals surface area (Å²) in [4.78, 5) is 4.33. The molecule has 0 saturated carbocycles. The van der Waals surface area contributed by atoms with E-state index in [9.17, 15) is 0 Å². The Kier molecular flexibility index (Phi) is 3.39. The maximum atomic E-state index is 7.93. The highest BCUT2D eigenvalue weighted by molar-refractivity contribution is 14.1. The number of hydrogen-bond acceptors (Lipinski definition) is 3. The van der Waals surface area contributed by atoms with Gasteiger partial charge in [0.25, 0.3) is 0 Å². The van der Waals surface area contributed by atoms with Crippen LogP contribution in [0.25, 0.3) is 0 Å². The Morgan fingerprint density at radius 3 is 3.00 bits per heavy atom. The van der Waals surface area contributed by atoms with Crippen LogP contribution in [0.2, 0.25) is 0 Å². The lowest BCUT2D eigenvalue weighted by Gasteiger charge is -2.14. The van der Waals surface area contributed by atoms with Crippen LogP contribution in [-0.4, -0.2) is 19.7 Å². The number of rotatable bonds is 2. The second-order valence-electron chi connectivity index (χ2n) is 3.65. The number of hydrogen-bond donors (Lipinski definition) is 1. The Labute approximate surface area is 107 Å². The highest BCUT2D eigenvalue weighted by atomic mass is 127. The number of aryl methyl sites for hydroxylation is 1. The quantitative estimate of drug-likeness (QED) is 0.512. The van der Waals surface area contributed by atoms with Crippen molar-refractivity contribution in [1.29, 1.82) is 5.41 Å². The van der Waals surface area contributed by atoms with Crippen LogP contribution in [0.15, 0.2) is 5.03 Å². The number of alkyl halides is 1. The summed E-state index contributed by atoms with van der Waals surface area (Å²) in [6.45, 7) is 4.17. The minimum atomic E-state index is 0.423. The Bertz CT molecular complexity index is 441. The van der Waals surface area contributed by atoms with Gasteiger partial charge in [0.1, 0.15) is 0 Å². The second kappa shape index (κ2) is 4.45. The summed E-state index contributed by atoms with van der Waals surface area (Å²) in [6, 6.07) is 0.455. The molecule has 0 aromatic carbocycles. The van der Waals surface area contributed by atoms with E-state index in [-0.39, 0.29) is 0 Å². The SMILES string of the molecule is CCc1c(C)nc(=N)n2c1SC[C@@H]2CI. The average molecular weight is 335 g/mol. The normalized spacial score (nSPS) is 19.3. The Balaban J connectivity index is 2.66. The molecule has 1 aromatic rings. The zero-order valence-electron chi connectivity index (χ0n) is 8.88. The van der Waals surface area contributed by atoms with E-state index in [1.165, 1.54) is 10.6 Å². The van der Waals surface area contributed by atoms with E-state index < -0.39 is 0 Å². The Morgan fingerprint density at radius 2 is 2.40 bits per heavy atom. The van der Waals surface area contributed by atoms with Gasteiger partial charge in [-0.3, -0.25) is 5.41 Å². The van der Waals surface area contributed by atoms with Crippen molar-refractivity contribution >= 4 is 34.4 Å². The molecule has 0 unspecified atom stereocenters. The molecule has 0 bridgehead atoms. The first-order valence-corrected chi connectivity index (χ1v) is 7.55. The third-order valence-electron chi connectivity index (χ3n) is 2.72. The molecule has 0 radical (unpaired) electrons. The molecule has 0 aliphatic carbocycles. The summed E-state index contributed by atoms with van der Waals surface area (Å²) in [5, 5.41) is 9.21. The van der Waals surface area contributed by atoms with Crippen molar-refractivity contribution in [2.45, 2.75) is 31.3 Å². The molecule has 0 fully saturated rings. The van der Waals surface area contributed by atoms with Crippen molar-refractivity contribution in [2.75, 3.05) is 10.2 Å². The van der Waals surface area contributed by atoms with Gasteiger partial charge in [-0.2, -0.15) is 0 Å². The number of halogens is 1. The predicted octanol–water partition coefficient (Wildman–Crippen LogP) is 2.32. The van der Waals surface area contributed by atoms with Gasteiger partial charge in [0, 0.05) is 21.4 Å². The highest BCUT2D eigenvalue weighted by Crippen LogP contribution is 2.35. The van der Waals surface area contributed by atoms with E-state index in [0.29, 0.717) is 11.7 Å². The summed E-state index contributed by atoms with van der Waals surface area (Å²) in [6.07, 6.45) is 1.01. The summed E-state index contributed by atoms with van der Waals surface area (Å²) >= 11 is 4.27. The first-order valence-electron chi connectivity index (χ1n) is 5.04. The minimum absolute atomic E-state index is 0.423. The van der Waals surface area contributed by atoms with Gasteiger partial charge < -0.3 is 4.57 Å². The van der Waals surface area contributed by atoms with Gasteiger partial charge in [-0.15, -0.1) is 11.8 Å². The molecule has 5 heteroatoms. The number of thioether (sulfide) groups is 1. The lowest BCUT2D eigenvalue weighted by atomic mass is 10.2. The number of aromatic nitrogens is 2. The van der Waals surface area contributed by atoms with Gasteiger partial charge in [-0.25, -0.2) is 4.98 Å². The average Bonchev–Trinajstić information content (AvgIpc) is 2.62. The van der Waals surface area contributed by atoms with Crippen LogP contribution in [0.4, 0.5) is 0 Å². The molecule has 1 aromatic heterocycles. The maximum absolute atomic E-state index is 7.93. The Hall–Kier alpha value is -0.0400. The van der Waals surface area contributed by atoms with Crippen molar-refractivity contribution in [3.8, 4) is 0 Å². The van der Waals surface area contributed by atoms with E-state index in [4.69, 9.17) is 5.41 Å². The molecule has 0 spiro atoms. The van der Waals surface area contributed by atoms with Crippen molar-refractivity contribution in [2.24, 2.45) is 0 Å². The van der Waals surface area contributed by atoms with Crippen LogP contribution in [0, 0.1) is 12.3 Å². The van der Waals surface area contributed by atoms with Crippen molar-refractivity contribution in [1.82, 2.24) is 9.55 Å². The van der Waals surface area contributed by atoms with Crippen molar-refractivity contribution in [3.63, 3.8) is 0 Å². The summed E-state index contributed by atoms with van der Waals surface area (Å²) < 4.78 is 3.16. The lowest BCUT2D eigenvalue weighted by molar-refractivity contribution is 0.532. The molecule has 3 nitrogen and oxygen atoms in total. The molecule has 0 amide bonds. The van der Waals surface area contributed by atoms with Gasteiger partial charge in [-0.05, 0) is 13.3 Å². The molecular weight excluding hydrogens is 321 g/mol. The fourth-order valence-electron chi connectivity index (χ4n) is 1.94. The van der Waals surface area contributed by atoms with Gasteiger partial charge >= 0.3 is 0 Å². The van der Waals surface area contributed by atoms with Crippen LogP contribution in [0.1, 0.15) is 24.2 Å². The van der Waals surface area contributed by atoms with E-state index in [2.05, 4.69) is 39.1 Å². The fraction of sp³-hybridized carbons (Fsp3) is 0.600. The summed E-state index contributed by atoms with van der Waals surface area (Å²) in [5.74, 6) is 1.09. The van der Waals surface area contributed by atoms with Crippen LogP contribution >= 0.6 is 34.4 Å².